The first-order valence-electron chi connectivity index (χ1n) is 6.07. The average molecular weight is 288 g/mol. The predicted octanol–water partition coefficient (Wildman–Crippen LogP) is 3.08. The van der Waals surface area contributed by atoms with Crippen molar-refractivity contribution in [1.29, 1.82) is 0 Å². The molecular formula is C15H16N2O2S. The summed E-state index contributed by atoms with van der Waals surface area (Å²) in [5.41, 5.74) is 7.30. The molecular weight excluding hydrogens is 272 g/mol. The lowest BCUT2D eigenvalue weighted by atomic mass is 10.1. The minimum atomic E-state index is 0.0959. The molecule has 0 saturated carbocycles. The third-order valence-corrected chi connectivity index (χ3v) is 3.88. The lowest BCUT2D eigenvalue weighted by Crippen LogP contribution is -2.13. The summed E-state index contributed by atoms with van der Waals surface area (Å²) in [5, 5.41) is 11.8. The fraction of sp³-hybridized carbons (Fsp3) is 0.133. The molecule has 0 bridgehead atoms. The number of methoxy groups -OCH3 is 1. The predicted molar refractivity (Wildman–Crippen MR) is 81.5 cm³/mol. The summed E-state index contributed by atoms with van der Waals surface area (Å²) >= 11 is 1.71. The van der Waals surface area contributed by atoms with E-state index in [2.05, 4.69) is 17.3 Å². The molecule has 0 heterocycles. The SMILES string of the molecule is COc1ccc(/C(N)=N/O)cc1CSc1ccccc1. The van der Waals surface area contributed by atoms with Gasteiger partial charge in [0.2, 0.25) is 0 Å². The number of thioether (sulfide) groups is 1. The van der Waals surface area contributed by atoms with E-state index in [4.69, 9.17) is 15.7 Å². The Morgan fingerprint density at radius 3 is 2.65 bits per heavy atom. The van der Waals surface area contributed by atoms with Crippen molar-refractivity contribution >= 4 is 17.6 Å². The minimum absolute atomic E-state index is 0.0959. The molecule has 0 aliphatic heterocycles. The highest BCUT2D eigenvalue weighted by Gasteiger charge is 2.08. The largest absolute Gasteiger partial charge is 0.496 e. The minimum Gasteiger partial charge on any atom is -0.496 e. The van der Waals surface area contributed by atoms with Gasteiger partial charge >= 0.3 is 0 Å². The first-order chi connectivity index (χ1) is 9.74. The number of nitrogens with two attached hydrogens (primary N) is 1. The molecule has 0 amide bonds. The molecule has 0 radical (unpaired) electrons. The second-order valence-electron chi connectivity index (χ2n) is 4.11. The monoisotopic (exact) mass is 288 g/mol. The summed E-state index contributed by atoms with van der Waals surface area (Å²) in [6.07, 6.45) is 0. The van der Waals surface area contributed by atoms with Crippen molar-refractivity contribution in [3.8, 4) is 5.75 Å². The van der Waals surface area contributed by atoms with Gasteiger partial charge in [-0.1, -0.05) is 23.4 Å². The molecule has 4 nitrogen and oxygen atoms in total. The molecule has 0 aliphatic carbocycles. The van der Waals surface area contributed by atoms with Crippen molar-refractivity contribution in [2.45, 2.75) is 10.6 Å². The Balaban J connectivity index is 2.20. The Morgan fingerprint density at radius 2 is 2.00 bits per heavy atom. The van der Waals surface area contributed by atoms with E-state index in [0.717, 1.165) is 17.1 Å². The van der Waals surface area contributed by atoms with E-state index in [9.17, 15) is 0 Å². The number of nitrogens with zero attached hydrogens (tertiary/aromatic N) is 1. The van der Waals surface area contributed by atoms with Crippen LogP contribution in [0.3, 0.4) is 0 Å². The van der Waals surface area contributed by atoms with Crippen LogP contribution in [0.2, 0.25) is 0 Å². The molecule has 2 rings (SSSR count). The molecule has 104 valence electrons. The standard InChI is InChI=1S/C15H16N2O2S/c1-19-14-8-7-11(15(16)17-18)9-12(14)10-20-13-5-3-2-4-6-13/h2-9,18H,10H2,1H3,(H2,16,17). The molecule has 3 N–H and O–H groups in total. The summed E-state index contributed by atoms with van der Waals surface area (Å²) in [6.45, 7) is 0. The second-order valence-corrected chi connectivity index (χ2v) is 5.16. The smallest absolute Gasteiger partial charge is 0.170 e. The Hall–Kier alpha value is -2.14. The number of hydrogen-bond acceptors (Lipinski definition) is 4. The third kappa shape index (κ3) is 3.45. The first kappa shape index (κ1) is 14.3. The number of rotatable bonds is 5. The maximum atomic E-state index is 8.74. The van der Waals surface area contributed by atoms with E-state index in [-0.39, 0.29) is 5.84 Å². The van der Waals surface area contributed by atoms with Gasteiger partial charge in [0.1, 0.15) is 5.75 Å². The van der Waals surface area contributed by atoms with E-state index in [0.29, 0.717) is 5.56 Å². The quantitative estimate of drug-likeness (QED) is 0.292. The van der Waals surface area contributed by atoms with Crippen LogP contribution < -0.4 is 10.5 Å². The number of oxime groups is 1. The first-order valence-corrected chi connectivity index (χ1v) is 7.06. The molecule has 0 aromatic heterocycles. The van der Waals surface area contributed by atoms with Crippen LogP contribution in [0.4, 0.5) is 0 Å². The number of benzene rings is 2. The zero-order valence-electron chi connectivity index (χ0n) is 11.1. The average Bonchev–Trinajstić information content (AvgIpc) is 2.52. The number of amidine groups is 1. The van der Waals surface area contributed by atoms with Crippen LogP contribution in [0.15, 0.2) is 58.6 Å². The molecule has 0 aliphatic rings. The van der Waals surface area contributed by atoms with E-state index < -0.39 is 0 Å². The third-order valence-electron chi connectivity index (χ3n) is 2.82. The van der Waals surface area contributed by atoms with Gasteiger partial charge in [-0.15, -0.1) is 11.8 Å². The highest BCUT2D eigenvalue weighted by Crippen LogP contribution is 2.28. The Labute approximate surface area is 122 Å². The molecule has 0 saturated heterocycles. The van der Waals surface area contributed by atoms with Gasteiger partial charge in [-0.2, -0.15) is 0 Å². The van der Waals surface area contributed by atoms with Gasteiger partial charge in [-0.3, -0.25) is 0 Å². The molecule has 0 fully saturated rings. The van der Waals surface area contributed by atoms with Crippen LogP contribution in [-0.4, -0.2) is 18.2 Å². The molecule has 2 aromatic rings. The molecule has 20 heavy (non-hydrogen) atoms. The molecule has 0 unspecified atom stereocenters. The van der Waals surface area contributed by atoms with Crippen molar-refractivity contribution in [3.05, 3.63) is 59.7 Å². The van der Waals surface area contributed by atoms with Crippen LogP contribution in [-0.2, 0) is 5.75 Å². The van der Waals surface area contributed by atoms with Gasteiger partial charge in [-0.25, -0.2) is 0 Å². The van der Waals surface area contributed by atoms with Crippen LogP contribution >= 0.6 is 11.8 Å². The fourth-order valence-electron chi connectivity index (χ4n) is 1.79. The van der Waals surface area contributed by atoms with Crippen molar-refractivity contribution in [2.75, 3.05) is 7.11 Å². The van der Waals surface area contributed by atoms with Gasteiger partial charge in [0, 0.05) is 21.8 Å². The number of ether oxygens (including phenoxy) is 1. The van der Waals surface area contributed by atoms with Crippen LogP contribution in [0, 0.1) is 0 Å². The summed E-state index contributed by atoms with van der Waals surface area (Å²) in [6, 6.07) is 15.6. The summed E-state index contributed by atoms with van der Waals surface area (Å²) in [5.74, 6) is 1.64. The zero-order chi connectivity index (χ0) is 14.4. The Bertz CT molecular complexity index is 600. The summed E-state index contributed by atoms with van der Waals surface area (Å²) in [7, 11) is 1.63. The normalized spacial score (nSPS) is 11.3. The lowest BCUT2D eigenvalue weighted by Gasteiger charge is -2.10. The van der Waals surface area contributed by atoms with Crippen molar-refractivity contribution < 1.29 is 9.94 Å². The fourth-order valence-corrected chi connectivity index (χ4v) is 2.68. The number of hydrogen-bond donors (Lipinski definition) is 2. The van der Waals surface area contributed by atoms with E-state index in [1.54, 1.807) is 24.9 Å². The van der Waals surface area contributed by atoms with E-state index >= 15 is 0 Å². The van der Waals surface area contributed by atoms with Crippen LogP contribution in [0.1, 0.15) is 11.1 Å². The zero-order valence-corrected chi connectivity index (χ0v) is 11.9. The molecule has 0 spiro atoms. The molecule has 2 aromatic carbocycles. The van der Waals surface area contributed by atoms with Crippen molar-refractivity contribution in [1.82, 2.24) is 0 Å². The Kier molecular flexibility index (Phi) is 4.90. The van der Waals surface area contributed by atoms with Crippen molar-refractivity contribution in [3.63, 3.8) is 0 Å². The second kappa shape index (κ2) is 6.86. The van der Waals surface area contributed by atoms with Gasteiger partial charge < -0.3 is 15.7 Å². The van der Waals surface area contributed by atoms with Crippen LogP contribution in [0.25, 0.3) is 0 Å². The van der Waals surface area contributed by atoms with E-state index in [1.807, 2.05) is 30.3 Å². The Morgan fingerprint density at radius 1 is 1.25 bits per heavy atom. The highest BCUT2D eigenvalue weighted by molar-refractivity contribution is 7.98. The van der Waals surface area contributed by atoms with Crippen LogP contribution in [0.5, 0.6) is 5.75 Å². The summed E-state index contributed by atoms with van der Waals surface area (Å²) < 4.78 is 5.35. The van der Waals surface area contributed by atoms with Gasteiger partial charge in [0.05, 0.1) is 7.11 Å². The highest BCUT2D eigenvalue weighted by atomic mass is 32.2. The summed E-state index contributed by atoms with van der Waals surface area (Å²) in [4.78, 5) is 1.18. The topological polar surface area (TPSA) is 67.8 Å². The van der Waals surface area contributed by atoms with Gasteiger partial charge in [-0.05, 0) is 30.3 Å². The van der Waals surface area contributed by atoms with Gasteiger partial charge in [0.25, 0.3) is 0 Å². The molecule has 5 heteroatoms. The maximum Gasteiger partial charge on any atom is 0.170 e. The lowest BCUT2D eigenvalue weighted by molar-refractivity contribution is 0.318. The van der Waals surface area contributed by atoms with Gasteiger partial charge in [0.15, 0.2) is 5.84 Å². The molecule has 0 atom stereocenters. The maximum absolute atomic E-state index is 8.74. The van der Waals surface area contributed by atoms with E-state index in [1.165, 1.54) is 4.90 Å². The van der Waals surface area contributed by atoms with Crippen molar-refractivity contribution in [2.24, 2.45) is 10.9 Å².